The molecule has 1 saturated heterocycles. The molecule has 1 aliphatic carbocycles. The van der Waals surface area contributed by atoms with E-state index in [0.29, 0.717) is 12.6 Å². The van der Waals surface area contributed by atoms with E-state index in [-0.39, 0.29) is 5.91 Å². The molecule has 2 fully saturated rings. The predicted molar refractivity (Wildman–Crippen MR) is 63.1 cm³/mol. The van der Waals surface area contributed by atoms with Crippen LogP contribution in [0, 0.1) is 16.7 Å². The molecule has 0 aromatic heterocycles. The highest BCUT2D eigenvalue weighted by atomic mass is 16.5. The van der Waals surface area contributed by atoms with Gasteiger partial charge < -0.3 is 10.1 Å². The minimum absolute atomic E-state index is 0.0814. The van der Waals surface area contributed by atoms with Crippen LogP contribution < -0.4 is 5.32 Å². The molecule has 4 heteroatoms. The predicted octanol–water partition coefficient (Wildman–Crippen LogP) is 1.76. The lowest BCUT2D eigenvalue weighted by atomic mass is 9.69. The summed E-state index contributed by atoms with van der Waals surface area (Å²) in [5, 5.41) is 11.9. The van der Waals surface area contributed by atoms with Gasteiger partial charge in [-0.05, 0) is 44.9 Å². The number of rotatable bonds is 4. The summed E-state index contributed by atoms with van der Waals surface area (Å²) >= 11 is 0. The van der Waals surface area contributed by atoms with Gasteiger partial charge in [0.25, 0.3) is 0 Å². The summed E-state index contributed by atoms with van der Waals surface area (Å²) in [4.78, 5) is 11.8. The van der Waals surface area contributed by atoms with Crippen molar-refractivity contribution in [3.63, 3.8) is 0 Å². The molecule has 94 valence electrons. The molecule has 1 aliphatic heterocycles. The van der Waals surface area contributed by atoms with E-state index in [9.17, 15) is 4.79 Å². The number of carbonyl (C=O) groups is 1. The molecule has 17 heavy (non-hydrogen) atoms. The van der Waals surface area contributed by atoms with E-state index in [0.717, 1.165) is 45.1 Å². The first kappa shape index (κ1) is 12.4. The highest BCUT2D eigenvalue weighted by molar-refractivity contribution is 5.86. The maximum absolute atomic E-state index is 11.8. The number of carbonyl (C=O) groups excluding carboxylic acids is 1. The minimum Gasteiger partial charge on any atom is -0.378 e. The number of hydrogen-bond donors (Lipinski definition) is 1. The Balaban J connectivity index is 1.68. The Hall–Kier alpha value is -1.08. The average Bonchev–Trinajstić information content (AvgIpc) is 2.30. The van der Waals surface area contributed by atoms with Gasteiger partial charge in [-0.1, -0.05) is 0 Å². The standard InChI is InChI=1S/C13H20N2O2/c14-10-13(6-3-7-13)12(16)15-8-5-11-4-1-2-9-17-11/h11H,1-9H2,(H,15,16). The molecule has 0 aromatic rings. The van der Waals surface area contributed by atoms with E-state index in [2.05, 4.69) is 11.4 Å². The monoisotopic (exact) mass is 236 g/mol. The molecule has 2 aliphatic rings. The molecular weight excluding hydrogens is 216 g/mol. The Kier molecular flexibility index (Phi) is 4.01. The summed E-state index contributed by atoms with van der Waals surface area (Å²) < 4.78 is 5.60. The molecule has 1 unspecified atom stereocenters. The fraction of sp³-hybridized carbons (Fsp3) is 0.846. The van der Waals surface area contributed by atoms with Crippen LogP contribution in [0.1, 0.15) is 44.9 Å². The number of nitriles is 1. The highest BCUT2D eigenvalue weighted by Crippen LogP contribution is 2.40. The first-order valence-corrected chi connectivity index (χ1v) is 6.58. The molecule has 0 bridgehead atoms. The van der Waals surface area contributed by atoms with Crippen LogP contribution in [0.2, 0.25) is 0 Å². The molecule has 0 radical (unpaired) electrons. The molecular formula is C13H20N2O2. The summed E-state index contributed by atoms with van der Waals surface area (Å²) in [7, 11) is 0. The molecule has 1 saturated carbocycles. The highest BCUT2D eigenvalue weighted by Gasteiger charge is 2.44. The minimum atomic E-state index is -0.715. The number of ether oxygens (including phenoxy) is 1. The van der Waals surface area contributed by atoms with Crippen LogP contribution >= 0.6 is 0 Å². The zero-order chi connectivity index (χ0) is 12.1. The van der Waals surface area contributed by atoms with Crippen LogP contribution in [-0.2, 0) is 9.53 Å². The van der Waals surface area contributed by atoms with E-state index >= 15 is 0 Å². The van der Waals surface area contributed by atoms with Crippen LogP contribution in [0.15, 0.2) is 0 Å². The number of nitrogens with zero attached hydrogens (tertiary/aromatic N) is 1. The van der Waals surface area contributed by atoms with Crippen molar-refractivity contribution >= 4 is 5.91 Å². The van der Waals surface area contributed by atoms with E-state index in [4.69, 9.17) is 10.00 Å². The Morgan fingerprint density at radius 2 is 2.24 bits per heavy atom. The quantitative estimate of drug-likeness (QED) is 0.809. The van der Waals surface area contributed by atoms with Crippen molar-refractivity contribution in [3.05, 3.63) is 0 Å². The maximum atomic E-state index is 11.8. The second-order valence-electron chi connectivity index (χ2n) is 5.08. The molecule has 4 nitrogen and oxygen atoms in total. The summed E-state index contributed by atoms with van der Waals surface area (Å²) in [6.07, 6.45) is 7.06. The summed E-state index contributed by atoms with van der Waals surface area (Å²) in [5.74, 6) is -0.0814. The van der Waals surface area contributed by atoms with Gasteiger partial charge in [-0.25, -0.2) is 0 Å². The first-order valence-electron chi connectivity index (χ1n) is 6.58. The number of nitrogens with one attached hydrogen (secondary N) is 1. The molecule has 1 atom stereocenters. The van der Waals surface area contributed by atoms with Gasteiger partial charge in [0, 0.05) is 13.2 Å². The average molecular weight is 236 g/mol. The second kappa shape index (κ2) is 5.50. The van der Waals surface area contributed by atoms with Gasteiger partial charge in [-0.2, -0.15) is 5.26 Å². The lowest BCUT2D eigenvalue weighted by molar-refractivity contribution is -0.131. The van der Waals surface area contributed by atoms with Gasteiger partial charge in [-0.15, -0.1) is 0 Å². The van der Waals surface area contributed by atoms with Crippen molar-refractivity contribution in [1.29, 1.82) is 5.26 Å². The smallest absolute Gasteiger partial charge is 0.240 e. The zero-order valence-electron chi connectivity index (χ0n) is 10.2. The Labute approximate surface area is 102 Å². The van der Waals surface area contributed by atoms with Crippen LogP contribution in [-0.4, -0.2) is 25.2 Å². The molecule has 1 N–H and O–H groups in total. The molecule has 0 spiro atoms. The largest absolute Gasteiger partial charge is 0.378 e. The molecule has 2 rings (SSSR count). The van der Waals surface area contributed by atoms with Crippen molar-refractivity contribution < 1.29 is 9.53 Å². The van der Waals surface area contributed by atoms with Gasteiger partial charge in [0.1, 0.15) is 5.41 Å². The summed E-state index contributed by atoms with van der Waals surface area (Å²) in [6.45, 7) is 1.48. The third-order valence-corrected chi connectivity index (χ3v) is 3.88. The van der Waals surface area contributed by atoms with Crippen molar-refractivity contribution in [1.82, 2.24) is 5.32 Å². The lowest BCUT2D eigenvalue weighted by Gasteiger charge is -2.33. The van der Waals surface area contributed by atoms with E-state index in [1.165, 1.54) is 6.42 Å². The van der Waals surface area contributed by atoms with Crippen LogP contribution in [0.3, 0.4) is 0 Å². The van der Waals surface area contributed by atoms with Crippen LogP contribution in [0.25, 0.3) is 0 Å². The Morgan fingerprint density at radius 3 is 2.76 bits per heavy atom. The van der Waals surface area contributed by atoms with E-state index < -0.39 is 5.41 Å². The summed E-state index contributed by atoms with van der Waals surface area (Å²) in [5.41, 5.74) is -0.715. The van der Waals surface area contributed by atoms with E-state index in [1.807, 2.05) is 0 Å². The van der Waals surface area contributed by atoms with E-state index in [1.54, 1.807) is 0 Å². The van der Waals surface area contributed by atoms with Gasteiger partial charge >= 0.3 is 0 Å². The van der Waals surface area contributed by atoms with Crippen molar-refractivity contribution in [3.8, 4) is 6.07 Å². The van der Waals surface area contributed by atoms with Crippen LogP contribution in [0.4, 0.5) is 0 Å². The Bertz CT molecular complexity index is 312. The topological polar surface area (TPSA) is 62.1 Å². The van der Waals surface area contributed by atoms with Gasteiger partial charge in [0.2, 0.25) is 5.91 Å². The second-order valence-corrected chi connectivity index (χ2v) is 5.08. The fourth-order valence-electron chi connectivity index (χ4n) is 2.47. The number of amides is 1. The van der Waals surface area contributed by atoms with Gasteiger partial charge in [0.15, 0.2) is 0 Å². The SMILES string of the molecule is N#CC1(C(=O)NCCC2CCCCO2)CCC1. The third-order valence-electron chi connectivity index (χ3n) is 3.88. The fourth-order valence-corrected chi connectivity index (χ4v) is 2.47. The summed E-state index contributed by atoms with van der Waals surface area (Å²) in [6, 6.07) is 2.16. The molecule has 1 heterocycles. The first-order chi connectivity index (χ1) is 8.27. The molecule has 1 amide bonds. The zero-order valence-corrected chi connectivity index (χ0v) is 10.2. The van der Waals surface area contributed by atoms with Crippen molar-refractivity contribution in [2.45, 2.75) is 51.0 Å². The maximum Gasteiger partial charge on any atom is 0.240 e. The normalized spacial score (nSPS) is 26.6. The Morgan fingerprint density at radius 1 is 1.41 bits per heavy atom. The van der Waals surface area contributed by atoms with Gasteiger partial charge in [-0.3, -0.25) is 4.79 Å². The van der Waals surface area contributed by atoms with Crippen LogP contribution in [0.5, 0.6) is 0 Å². The third kappa shape index (κ3) is 2.78. The number of hydrogen-bond acceptors (Lipinski definition) is 3. The van der Waals surface area contributed by atoms with Crippen molar-refractivity contribution in [2.24, 2.45) is 5.41 Å². The van der Waals surface area contributed by atoms with Gasteiger partial charge in [0.05, 0.1) is 12.2 Å². The van der Waals surface area contributed by atoms with Crippen molar-refractivity contribution in [2.75, 3.05) is 13.2 Å². The molecule has 0 aromatic carbocycles. The lowest BCUT2D eigenvalue weighted by Crippen LogP contribution is -2.45.